The summed E-state index contributed by atoms with van der Waals surface area (Å²) < 4.78 is 82.6. The Morgan fingerprint density at radius 2 is 1.46 bits per heavy atom. The molecule has 0 radical (unpaired) electrons. The highest BCUT2D eigenvalue weighted by molar-refractivity contribution is 7.85. The van der Waals surface area contributed by atoms with Gasteiger partial charge < -0.3 is 9.47 Å². The summed E-state index contributed by atoms with van der Waals surface area (Å²) in [7, 11) is 1.11. The van der Waals surface area contributed by atoms with Gasteiger partial charge in [0.05, 0.1) is 10.8 Å². The van der Waals surface area contributed by atoms with Gasteiger partial charge in [-0.3, -0.25) is 14.1 Å². The topological polar surface area (TPSA) is 107 Å². The molecule has 212 valence electrons. The van der Waals surface area contributed by atoms with Crippen molar-refractivity contribution < 1.29 is 45.2 Å². The van der Waals surface area contributed by atoms with Crippen LogP contribution in [-0.2, 0) is 54.7 Å². The van der Waals surface area contributed by atoms with Gasteiger partial charge in [-0.1, -0.05) is 36.7 Å². The molecule has 7 nitrogen and oxygen atoms in total. The minimum absolute atomic E-state index is 0.0113. The van der Waals surface area contributed by atoms with E-state index in [1.165, 1.54) is 5.56 Å². The third kappa shape index (κ3) is 6.06. The van der Waals surface area contributed by atoms with Crippen molar-refractivity contribution in [3.05, 3.63) is 34.4 Å². The van der Waals surface area contributed by atoms with Crippen molar-refractivity contribution >= 4 is 45.6 Å². The van der Waals surface area contributed by atoms with Crippen molar-refractivity contribution in [3.63, 3.8) is 0 Å². The minimum Gasteiger partial charge on any atom is -0.460 e. The maximum absolute atomic E-state index is 13.7. The van der Waals surface area contributed by atoms with Crippen molar-refractivity contribution in [2.45, 2.75) is 76.4 Å². The Balaban J connectivity index is 1.57. The number of carbonyl (C=O) groups excluding carboxylic acids is 2. The minimum atomic E-state index is -5.18. The van der Waals surface area contributed by atoms with Crippen LogP contribution in [0.2, 0.25) is 0 Å². The first kappa shape index (κ1) is 30.0. The second kappa shape index (κ2) is 10.8. The smallest absolute Gasteiger partial charge is 0.426 e. The molecule has 0 spiro atoms. The molecule has 14 heteroatoms. The Bertz CT molecular complexity index is 1220. The van der Waals surface area contributed by atoms with E-state index >= 15 is 0 Å². The zero-order chi connectivity index (χ0) is 28.8. The highest BCUT2D eigenvalue weighted by atomic mass is 32.2. The molecule has 0 amide bonds. The standard InChI is InChI=1S/C25H34B3F3O7S/c26-8-16-1-2-17(9-27)19(18(16)10-28)11-37-21(32)23-4-14-3-15(5-23)7-24(6-14,13-23)22(33)38-20(25(29,30)31)12-39(34,35)36/h1-2,14-15,20H,3-13,26-28H2,(H,34,35,36). The monoisotopic (exact) mass is 568 g/mol. The summed E-state index contributed by atoms with van der Waals surface area (Å²) in [6.45, 7) is 0.0953. The van der Waals surface area contributed by atoms with Gasteiger partial charge in [0, 0.05) is 0 Å². The van der Waals surface area contributed by atoms with Gasteiger partial charge in [-0.15, -0.1) is 0 Å². The van der Waals surface area contributed by atoms with E-state index in [2.05, 4.69) is 27.8 Å². The Kier molecular flexibility index (Phi) is 8.31. The van der Waals surface area contributed by atoms with E-state index in [0.717, 1.165) is 42.1 Å². The fraction of sp³-hybridized carbons (Fsp3) is 0.680. The number of carbonyl (C=O) groups is 2. The average molecular weight is 568 g/mol. The molecule has 4 saturated carbocycles. The van der Waals surface area contributed by atoms with Crippen molar-refractivity contribution in [1.82, 2.24) is 0 Å². The van der Waals surface area contributed by atoms with Crippen molar-refractivity contribution in [2.75, 3.05) is 5.75 Å². The Morgan fingerprint density at radius 1 is 0.949 bits per heavy atom. The van der Waals surface area contributed by atoms with Gasteiger partial charge in [-0.2, -0.15) is 21.6 Å². The van der Waals surface area contributed by atoms with E-state index in [1.54, 1.807) is 0 Å². The first-order valence-electron chi connectivity index (χ1n) is 13.7. The van der Waals surface area contributed by atoms with E-state index in [-0.39, 0.29) is 37.7 Å². The lowest BCUT2D eigenvalue weighted by molar-refractivity contribution is -0.231. The van der Waals surface area contributed by atoms with Crippen LogP contribution in [0.3, 0.4) is 0 Å². The first-order chi connectivity index (χ1) is 18.1. The van der Waals surface area contributed by atoms with E-state index in [1.807, 2.05) is 7.85 Å². The van der Waals surface area contributed by atoms with Crippen LogP contribution < -0.4 is 0 Å². The summed E-state index contributed by atoms with van der Waals surface area (Å²) in [5.74, 6) is -3.45. The third-order valence-electron chi connectivity index (χ3n) is 8.99. The molecule has 1 N–H and O–H groups in total. The molecule has 4 bridgehead atoms. The van der Waals surface area contributed by atoms with Gasteiger partial charge in [0.2, 0.25) is 6.10 Å². The van der Waals surface area contributed by atoms with Gasteiger partial charge in [-0.25, -0.2) is 0 Å². The van der Waals surface area contributed by atoms with Gasteiger partial charge in [-0.05, 0) is 67.1 Å². The predicted octanol–water partition coefficient (Wildman–Crippen LogP) is 1.08. The molecule has 1 aromatic carbocycles. The maximum Gasteiger partial charge on any atom is 0.426 e. The summed E-state index contributed by atoms with van der Waals surface area (Å²) in [6.07, 6.45) is -3.39. The molecule has 4 aliphatic carbocycles. The molecular weight excluding hydrogens is 534 g/mol. The number of alkyl halides is 3. The number of hydrogen-bond acceptors (Lipinski definition) is 6. The number of halogens is 3. The Hall–Kier alpha value is -1.95. The van der Waals surface area contributed by atoms with Crippen molar-refractivity contribution in [2.24, 2.45) is 22.7 Å². The number of rotatable bonds is 10. The van der Waals surface area contributed by atoms with Crippen LogP contribution in [0.25, 0.3) is 0 Å². The largest absolute Gasteiger partial charge is 0.460 e. The van der Waals surface area contributed by atoms with Crippen LogP contribution in [0.4, 0.5) is 13.2 Å². The predicted molar refractivity (Wildman–Crippen MR) is 145 cm³/mol. The second-order valence-corrected chi connectivity index (χ2v) is 13.2. The summed E-state index contributed by atoms with van der Waals surface area (Å²) in [4.78, 5) is 27.0. The van der Waals surface area contributed by atoms with E-state index < -0.39 is 50.9 Å². The van der Waals surface area contributed by atoms with Crippen molar-refractivity contribution in [1.29, 1.82) is 0 Å². The zero-order valence-electron chi connectivity index (χ0n) is 22.6. The van der Waals surface area contributed by atoms with Gasteiger partial charge in [0.1, 0.15) is 35.9 Å². The SMILES string of the molecule is BCc1ccc(CB)c(COC(=O)C23CC4CC(C2)CC(C(=O)OC(CS(=O)(=O)O)C(F)(F)F)(C4)C3)c1CB. The molecule has 1 aromatic rings. The normalized spacial score (nSPS) is 28.7. The highest BCUT2D eigenvalue weighted by Gasteiger charge is 2.65. The molecule has 39 heavy (non-hydrogen) atoms. The highest BCUT2D eigenvalue weighted by Crippen LogP contribution is 2.66. The van der Waals surface area contributed by atoms with Crippen LogP contribution >= 0.6 is 0 Å². The van der Waals surface area contributed by atoms with E-state index in [9.17, 15) is 31.2 Å². The van der Waals surface area contributed by atoms with E-state index in [0.29, 0.717) is 12.8 Å². The number of benzene rings is 1. The van der Waals surface area contributed by atoms with Gasteiger partial charge in [0.15, 0.2) is 0 Å². The maximum atomic E-state index is 13.7. The number of ether oxygens (including phenoxy) is 2. The van der Waals surface area contributed by atoms with Crippen LogP contribution in [0.5, 0.6) is 0 Å². The molecule has 3 atom stereocenters. The lowest BCUT2D eigenvalue weighted by Gasteiger charge is -2.59. The van der Waals surface area contributed by atoms with Gasteiger partial charge >= 0.3 is 18.1 Å². The fourth-order valence-electron chi connectivity index (χ4n) is 7.74. The lowest BCUT2D eigenvalue weighted by Crippen LogP contribution is -2.59. The molecule has 0 saturated heterocycles. The molecular formula is C25H34B3F3O7S. The molecule has 4 aliphatic rings. The van der Waals surface area contributed by atoms with Gasteiger partial charge in [0.25, 0.3) is 10.1 Å². The molecule has 0 heterocycles. The summed E-state index contributed by atoms with van der Waals surface area (Å²) >= 11 is 0. The van der Waals surface area contributed by atoms with Crippen LogP contribution in [-0.4, -0.2) is 66.5 Å². The third-order valence-corrected chi connectivity index (χ3v) is 9.72. The molecule has 3 unspecified atom stereocenters. The van der Waals surface area contributed by atoms with Crippen LogP contribution in [0.15, 0.2) is 12.1 Å². The van der Waals surface area contributed by atoms with Crippen molar-refractivity contribution in [3.8, 4) is 0 Å². The summed E-state index contributed by atoms with van der Waals surface area (Å²) in [5, 5.41) is 0. The van der Waals surface area contributed by atoms with Crippen LogP contribution in [0.1, 0.15) is 60.8 Å². The number of esters is 2. The molecule has 5 rings (SSSR count). The Labute approximate surface area is 229 Å². The number of hydrogen-bond donors (Lipinski definition) is 1. The first-order valence-corrected chi connectivity index (χ1v) is 15.3. The lowest BCUT2D eigenvalue weighted by atomic mass is 9.44. The second-order valence-electron chi connectivity index (χ2n) is 11.7. The average Bonchev–Trinajstić information content (AvgIpc) is 2.83. The molecule has 4 fully saturated rings. The fourth-order valence-corrected chi connectivity index (χ4v) is 8.38. The van der Waals surface area contributed by atoms with Crippen LogP contribution in [0, 0.1) is 22.7 Å². The summed E-state index contributed by atoms with van der Waals surface area (Å²) in [5.41, 5.74) is 2.12. The Morgan fingerprint density at radius 3 is 1.92 bits per heavy atom. The van der Waals surface area contributed by atoms with E-state index in [4.69, 9.17) is 14.0 Å². The zero-order valence-corrected chi connectivity index (χ0v) is 23.4. The summed E-state index contributed by atoms with van der Waals surface area (Å²) in [6, 6.07) is 4.16. The molecule has 0 aromatic heterocycles. The quantitative estimate of drug-likeness (QED) is 0.256. The molecule has 0 aliphatic heterocycles.